The van der Waals surface area contributed by atoms with Gasteiger partial charge in [-0.2, -0.15) is 0 Å². The fourth-order valence-corrected chi connectivity index (χ4v) is 2.72. The van der Waals surface area contributed by atoms with Gasteiger partial charge in [0.15, 0.2) is 0 Å². The molecule has 1 unspecified atom stereocenters. The molecule has 1 aliphatic rings. The van der Waals surface area contributed by atoms with Gasteiger partial charge < -0.3 is 10.4 Å². The number of benzene rings is 1. The third-order valence-corrected chi connectivity index (χ3v) is 4.46. The molecular weight excluding hydrogens is 281 g/mol. The first-order valence-corrected chi connectivity index (χ1v) is 8.02. The zero-order valence-corrected chi connectivity index (χ0v) is 13.7. The Morgan fingerprint density at radius 1 is 1.41 bits per heavy atom. The molecule has 2 N–H and O–H groups in total. The van der Waals surface area contributed by atoms with Crippen molar-refractivity contribution in [2.45, 2.75) is 57.5 Å². The largest absolute Gasteiger partial charge is 0.388 e. The molecule has 0 aliphatic heterocycles. The molecule has 0 aromatic heterocycles. The minimum atomic E-state index is -0.925. The third-order valence-electron chi connectivity index (χ3n) is 4.46. The smallest absolute Gasteiger partial charge is 0.230 e. The lowest BCUT2D eigenvalue weighted by atomic mass is 9.92. The number of nitrogens with one attached hydrogen (secondary N) is 1. The quantitative estimate of drug-likeness (QED) is 0.813. The lowest BCUT2D eigenvalue weighted by molar-refractivity contribution is -0.124. The van der Waals surface area contributed by atoms with Gasteiger partial charge in [0.25, 0.3) is 0 Å². The lowest BCUT2D eigenvalue weighted by Gasteiger charge is -2.26. The number of hydrogen-bond acceptors (Lipinski definition) is 2. The van der Waals surface area contributed by atoms with Gasteiger partial charge in [-0.1, -0.05) is 32.0 Å². The molecule has 2 rings (SSSR count). The Kier molecular flexibility index (Phi) is 4.90. The predicted molar refractivity (Wildman–Crippen MR) is 85.0 cm³/mol. The Morgan fingerprint density at radius 2 is 2.05 bits per heavy atom. The highest BCUT2D eigenvalue weighted by molar-refractivity contribution is 5.91. The van der Waals surface area contributed by atoms with Gasteiger partial charge in [-0.05, 0) is 44.6 Å². The number of halogens is 1. The molecule has 3 nitrogen and oxygen atoms in total. The average Bonchev–Trinajstić information content (AvgIpc) is 3.25. The van der Waals surface area contributed by atoms with Crippen LogP contribution in [0.1, 0.15) is 52.0 Å². The summed E-state index contributed by atoms with van der Waals surface area (Å²) in [6, 6.07) is 6.45. The van der Waals surface area contributed by atoms with E-state index in [4.69, 9.17) is 0 Å². The summed E-state index contributed by atoms with van der Waals surface area (Å²) in [5, 5.41) is 13.2. The van der Waals surface area contributed by atoms with Crippen LogP contribution < -0.4 is 5.32 Å². The maximum absolute atomic E-state index is 13.9. The molecule has 1 atom stereocenters. The Labute approximate surface area is 131 Å². The molecular formula is C18H26FNO2. The minimum Gasteiger partial charge on any atom is -0.388 e. The molecule has 1 saturated carbocycles. The summed E-state index contributed by atoms with van der Waals surface area (Å²) in [5.74, 6) is -0.000458. The summed E-state index contributed by atoms with van der Waals surface area (Å²) in [6.07, 6.45) is 2.86. The highest BCUT2D eigenvalue weighted by Crippen LogP contribution is 2.49. The van der Waals surface area contributed by atoms with Crippen LogP contribution in [0.2, 0.25) is 0 Å². The third kappa shape index (κ3) is 3.86. The van der Waals surface area contributed by atoms with E-state index in [1.807, 2.05) is 0 Å². The monoisotopic (exact) mass is 307 g/mol. The highest BCUT2D eigenvalue weighted by Gasteiger charge is 2.52. The number of hydrogen-bond donors (Lipinski definition) is 2. The van der Waals surface area contributed by atoms with Gasteiger partial charge in [-0.3, -0.25) is 4.79 Å². The SMILES string of the molecule is CC(C)CCC(C)(O)CNC(=O)C1(c2ccccc2F)CC1. The van der Waals surface area contributed by atoms with Crippen molar-refractivity contribution in [3.63, 3.8) is 0 Å². The van der Waals surface area contributed by atoms with Gasteiger partial charge in [0.1, 0.15) is 5.82 Å². The second kappa shape index (κ2) is 6.37. The standard InChI is InChI=1S/C18H26FNO2/c1-13(2)8-9-17(3,22)12-20-16(21)18(10-11-18)14-6-4-5-7-15(14)19/h4-7,13,22H,8-12H2,1-3H3,(H,20,21). The first kappa shape index (κ1) is 16.9. The second-order valence-electron chi connectivity index (χ2n) is 7.17. The summed E-state index contributed by atoms with van der Waals surface area (Å²) >= 11 is 0. The van der Waals surface area contributed by atoms with E-state index in [0.29, 0.717) is 30.7 Å². The molecule has 1 amide bonds. The van der Waals surface area contributed by atoms with E-state index in [9.17, 15) is 14.3 Å². The van der Waals surface area contributed by atoms with Crippen molar-refractivity contribution < 1.29 is 14.3 Å². The number of amides is 1. The van der Waals surface area contributed by atoms with Crippen LogP contribution in [0.25, 0.3) is 0 Å². The fourth-order valence-electron chi connectivity index (χ4n) is 2.72. The van der Waals surface area contributed by atoms with Crippen LogP contribution in [0.3, 0.4) is 0 Å². The van der Waals surface area contributed by atoms with Gasteiger partial charge in [0.05, 0.1) is 11.0 Å². The molecule has 0 spiro atoms. The first-order chi connectivity index (χ1) is 10.3. The maximum atomic E-state index is 13.9. The minimum absolute atomic E-state index is 0.178. The molecule has 122 valence electrons. The average molecular weight is 307 g/mol. The van der Waals surface area contributed by atoms with E-state index in [1.54, 1.807) is 25.1 Å². The van der Waals surface area contributed by atoms with Crippen molar-refractivity contribution in [3.8, 4) is 0 Å². The Morgan fingerprint density at radius 3 is 2.59 bits per heavy atom. The Hall–Kier alpha value is -1.42. The molecule has 0 bridgehead atoms. The van der Waals surface area contributed by atoms with Gasteiger partial charge in [-0.15, -0.1) is 0 Å². The van der Waals surface area contributed by atoms with E-state index < -0.39 is 11.0 Å². The molecule has 0 heterocycles. The fraction of sp³-hybridized carbons (Fsp3) is 0.611. The van der Waals surface area contributed by atoms with Crippen molar-refractivity contribution in [3.05, 3.63) is 35.6 Å². The van der Waals surface area contributed by atoms with Gasteiger partial charge >= 0.3 is 0 Å². The highest BCUT2D eigenvalue weighted by atomic mass is 19.1. The van der Waals surface area contributed by atoms with Crippen molar-refractivity contribution in [2.24, 2.45) is 5.92 Å². The van der Waals surface area contributed by atoms with Crippen molar-refractivity contribution >= 4 is 5.91 Å². The second-order valence-corrected chi connectivity index (χ2v) is 7.17. The van der Waals surface area contributed by atoms with Crippen LogP contribution in [0.15, 0.2) is 24.3 Å². The summed E-state index contributed by atoms with van der Waals surface area (Å²) in [4.78, 5) is 12.5. The number of aliphatic hydroxyl groups is 1. The molecule has 22 heavy (non-hydrogen) atoms. The summed E-state index contributed by atoms with van der Waals surface area (Å²) in [6.45, 7) is 6.14. The van der Waals surface area contributed by atoms with Crippen LogP contribution >= 0.6 is 0 Å². The lowest BCUT2D eigenvalue weighted by Crippen LogP contribution is -2.44. The number of carbonyl (C=O) groups is 1. The first-order valence-electron chi connectivity index (χ1n) is 8.02. The summed E-state index contributed by atoms with van der Waals surface area (Å²) < 4.78 is 13.9. The molecule has 0 radical (unpaired) electrons. The molecule has 1 fully saturated rings. The van der Waals surface area contributed by atoms with Crippen molar-refractivity contribution in [2.75, 3.05) is 6.54 Å². The predicted octanol–water partition coefficient (Wildman–Crippen LogP) is 3.16. The van der Waals surface area contributed by atoms with Crippen molar-refractivity contribution in [1.82, 2.24) is 5.32 Å². The number of carbonyl (C=O) groups excluding carboxylic acids is 1. The van der Waals surface area contributed by atoms with E-state index in [-0.39, 0.29) is 18.3 Å². The molecule has 0 saturated heterocycles. The van der Waals surface area contributed by atoms with Crippen molar-refractivity contribution in [1.29, 1.82) is 0 Å². The van der Waals surface area contributed by atoms with E-state index in [2.05, 4.69) is 19.2 Å². The molecule has 1 aliphatic carbocycles. The summed E-state index contributed by atoms with van der Waals surface area (Å²) in [5.41, 5.74) is -1.20. The zero-order valence-electron chi connectivity index (χ0n) is 13.7. The Bertz CT molecular complexity index is 536. The van der Waals surface area contributed by atoms with Crippen LogP contribution in [-0.4, -0.2) is 23.2 Å². The molecule has 1 aromatic carbocycles. The zero-order chi connectivity index (χ0) is 16.4. The van der Waals surface area contributed by atoms with Gasteiger partial charge in [0, 0.05) is 12.1 Å². The maximum Gasteiger partial charge on any atom is 0.230 e. The Balaban J connectivity index is 1.97. The van der Waals surface area contributed by atoms with Crippen LogP contribution in [0, 0.1) is 11.7 Å². The van der Waals surface area contributed by atoms with Crippen LogP contribution in [0.4, 0.5) is 4.39 Å². The summed E-state index contributed by atoms with van der Waals surface area (Å²) in [7, 11) is 0. The normalized spacial score (nSPS) is 18.8. The van der Waals surface area contributed by atoms with Crippen LogP contribution in [0.5, 0.6) is 0 Å². The van der Waals surface area contributed by atoms with E-state index in [1.165, 1.54) is 6.07 Å². The molecule has 4 heteroatoms. The van der Waals surface area contributed by atoms with Gasteiger partial charge in [0.2, 0.25) is 5.91 Å². The molecule has 1 aromatic rings. The topological polar surface area (TPSA) is 49.3 Å². The van der Waals surface area contributed by atoms with Gasteiger partial charge in [-0.25, -0.2) is 4.39 Å². The van der Waals surface area contributed by atoms with Crippen LogP contribution in [-0.2, 0) is 10.2 Å². The van der Waals surface area contributed by atoms with E-state index in [0.717, 1.165) is 6.42 Å². The number of rotatable bonds is 7. The van der Waals surface area contributed by atoms with E-state index >= 15 is 0 Å².